The van der Waals surface area contributed by atoms with Crippen LogP contribution < -0.4 is 5.73 Å². The zero-order chi connectivity index (χ0) is 10.0. The summed E-state index contributed by atoms with van der Waals surface area (Å²) in [5.41, 5.74) is 6.05. The monoisotopic (exact) mass is 187 g/mol. The van der Waals surface area contributed by atoms with Crippen molar-refractivity contribution >= 4 is 0 Å². The summed E-state index contributed by atoms with van der Waals surface area (Å²) < 4.78 is 25.1. The van der Waals surface area contributed by atoms with Gasteiger partial charge in [0.05, 0.1) is 6.04 Å². The molecule has 0 aliphatic carbocycles. The van der Waals surface area contributed by atoms with Gasteiger partial charge in [-0.05, 0) is 18.6 Å². The molecular weight excluding hydrogens is 176 g/mol. The van der Waals surface area contributed by atoms with Crippen molar-refractivity contribution in [3.8, 4) is 5.75 Å². The zero-order valence-electron chi connectivity index (χ0n) is 7.22. The first-order valence-electron chi connectivity index (χ1n) is 3.86. The predicted molar refractivity (Wildman–Crippen MR) is 45.7 cm³/mol. The number of aryl methyl sites for hydroxylation is 1. The highest BCUT2D eigenvalue weighted by atomic mass is 19.1. The Morgan fingerprint density at radius 2 is 2.15 bits per heavy atom. The Balaban J connectivity index is 3.20. The molecule has 3 N–H and O–H groups in total. The van der Waals surface area contributed by atoms with Gasteiger partial charge < -0.3 is 10.8 Å². The van der Waals surface area contributed by atoms with Crippen LogP contribution in [0.15, 0.2) is 12.1 Å². The second-order valence-electron chi connectivity index (χ2n) is 2.95. The molecule has 1 atom stereocenters. The molecule has 0 amide bonds. The molecule has 2 nitrogen and oxygen atoms in total. The first kappa shape index (κ1) is 9.92. The minimum Gasteiger partial charge on any atom is -0.505 e. The van der Waals surface area contributed by atoms with Gasteiger partial charge in [-0.3, -0.25) is 0 Å². The number of hydrogen-bond acceptors (Lipinski definition) is 2. The fourth-order valence-electron chi connectivity index (χ4n) is 1.13. The molecule has 0 saturated carbocycles. The molecule has 0 heterocycles. The average Bonchev–Trinajstić information content (AvgIpc) is 2.10. The highest BCUT2D eigenvalue weighted by Gasteiger charge is 2.14. The second kappa shape index (κ2) is 3.70. The van der Waals surface area contributed by atoms with Gasteiger partial charge in [-0.1, -0.05) is 6.07 Å². The molecular formula is C9H11F2NO. The van der Waals surface area contributed by atoms with Gasteiger partial charge in [-0.15, -0.1) is 0 Å². The average molecular weight is 187 g/mol. The van der Waals surface area contributed by atoms with Crippen molar-refractivity contribution in [2.24, 2.45) is 5.73 Å². The summed E-state index contributed by atoms with van der Waals surface area (Å²) in [5.74, 6) is -1.32. The Labute approximate surface area is 75.0 Å². The minimum absolute atomic E-state index is 0.111. The molecule has 0 aliphatic rings. The van der Waals surface area contributed by atoms with Crippen LogP contribution in [0.3, 0.4) is 0 Å². The third-order valence-corrected chi connectivity index (χ3v) is 1.80. The van der Waals surface area contributed by atoms with Crippen molar-refractivity contribution in [1.29, 1.82) is 0 Å². The number of aromatic hydroxyl groups is 1. The summed E-state index contributed by atoms with van der Waals surface area (Å²) in [6, 6.07) is 1.68. The van der Waals surface area contributed by atoms with Crippen LogP contribution in [0.25, 0.3) is 0 Å². The van der Waals surface area contributed by atoms with Gasteiger partial charge in [-0.25, -0.2) is 8.78 Å². The van der Waals surface area contributed by atoms with Gasteiger partial charge in [0.1, 0.15) is 6.67 Å². The van der Waals surface area contributed by atoms with Gasteiger partial charge in [-0.2, -0.15) is 0 Å². The number of nitrogens with two attached hydrogens (primary N) is 1. The molecule has 0 spiro atoms. The standard InChI is InChI=1S/C9H11F2NO/c1-5-2-6(8(12)4-10)9(13)7(11)3-5/h2-3,8,13H,4,12H2,1H3/t8-/m0/s1. The van der Waals surface area contributed by atoms with Crippen LogP contribution in [0, 0.1) is 12.7 Å². The fraction of sp³-hybridized carbons (Fsp3) is 0.333. The van der Waals surface area contributed by atoms with Gasteiger partial charge in [0.25, 0.3) is 0 Å². The summed E-state index contributed by atoms with van der Waals surface area (Å²) in [5, 5.41) is 9.20. The second-order valence-corrected chi connectivity index (χ2v) is 2.95. The van der Waals surface area contributed by atoms with Crippen molar-refractivity contribution in [1.82, 2.24) is 0 Å². The molecule has 1 rings (SSSR count). The molecule has 1 aromatic rings. The highest BCUT2D eigenvalue weighted by Crippen LogP contribution is 2.27. The minimum atomic E-state index is -0.964. The third kappa shape index (κ3) is 1.95. The topological polar surface area (TPSA) is 46.2 Å². The quantitative estimate of drug-likeness (QED) is 0.741. The molecule has 4 heteroatoms. The van der Waals surface area contributed by atoms with Crippen molar-refractivity contribution in [3.05, 3.63) is 29.1 Å². The van der Waals surface area contributed by atoms with Crippen LogP contribution in [0.4, 0.5) is 8.78 Å². The number of alkyl halides is 1. The number of rotatable bonds is 2. The van der Waals surface area contributed by atoms with E-state index >= 15 is 0 Å². The van der Waals surface area contributed by atoms with Crippen LogP contribution in [0.2, 0.25) is 0 Å². The molecule has 0 bridgehead atoms. The van der Waals surface area contributed by atoms with E-state index < -0.39 is 24.3 Å². The van der Waals surface area contributed by atoms with E-state index in [-0.39, 0.29) is 5.56 Å². The lowest BCUT2D eigenvalue weighted by molar-refractivity contribution is 0.396. The van der Waals surface area contributed by atoms with Gasteiger partial charge >= 0.3 is 0 Å². The smallest absolute Gasteiger partial charge is 0.165 e. The lowest BCUT2D eigenvalue weighted by Gasteiger charge is -2.11. The normalized spacial score (nSPS) is 12.9. The Morgan fingerprint density at radius 3 is 2.69 bits per heavy atom. The number of phenols is 1. The maximum absolute atomic E-state index is 12.9. The lowest BCUT2D eigenvalue weighted by Crippen LogP contribution is -2.13. The highest BCUT2D eigenvalue weighted by molar-refractivity contribution is 5.39. The van der Waals surface area contributed by atoms with E-state index in [1.165, 1.54) is 12.1 Å². The number of hydrogen-bond donors (Lipinski definition) is 2. The van der Waals surface area contributed by atoms with Crippen molar-refractivity contribution in [2.45, 2.75) is 13.0 Å². The Kier molecular flexibility index (Phi) is 2.83. The van der Waals surface area contributed by atoms with Gasteiger partial charge in [0.2, 0.25) is 0 Å². The molecule has 0 saturated heterocycles. The first-order chi connectivity index (χ1) is 6.06. The third-order valence-electron chi connectivity index (χ3n) is 1.80. The van der Waals surface area contributed by atoms with Crippen LogP contribution in [-0.2, 0) is 0 Å². The van der Waals surface area contributed by atoms with Gasteiger partial charge in [0, 0.05) is 5.56 Å². The van der Waals surface area contributed by atoms with Crippen LogP contribution in [0.5, 0.6) is 5.75 Å². The molecule has 1 aromatic carbocycles. The largest absolute Gasteiger partial charge is 0.505 e. The van der Waals surface area contributed by atoms with E-state index in [2.05, 4.69) is 0 Å². The maximum atomic E-state index is 12.9. The molecule has 72 valence electrons. The van der Waals surface area contributed by atoms with E-state index in [9.17, 15) is 13.9 Å². The van der Waals surface area contributed by atoms with Crippen molar-refractivity contribution in [3.63, 3.8) is 0 Å². The van der Waals surface area contributed by atoms with Crippen molar-refractivity contribution in [2.75, 3.05) is 6.67 Å². The van der Waals surface area contributed by atoms with Crippen LogP contribution >= 0.6 is 0 Å². The maximum Gasteiger partial charge on any atom is 0.165 e. The Bertz CT molecular complexity index is 315. The van der Waals surface area contributed by atoms with E-state index in [4.69, 9.17) is 5.73 Å². The fourth-order valence-corrected chi connectivity index (χ4v) is 1.13. The molecule has 0 fully saturated rings. The molecule has 13 heavy (non-hydrogen) atoms. The van der Waals surface area contributed by atoms with Crippen molar-refractivity contribution < 1.29 is 13.9 Å². The van der Waals surface area contributed by atoms with E-state index in [0.717, 1.165) is 0 Å². The summed E-state index contributed by atoms with van der Waals surface area (Å²) in [4.78, 5) is 0. The zero-order valence-corrected chi connectivity index (χ0v) is 7.22. The van der Waals surface area contributed by atoms with E-state index in [0.29, 0.717) is 5.56 Å². The molecule has 0 radical (unpaired) electrons. The lowest BCUT2D eigenvalue weighted by atomic mass is 10.0. The Hall–Kier alpha value is -1.16. The summed E-state index contributed by atoms with van der Waals surface area (Å²) in [6.07, 6.45) is 0. The van der Waals surface area contributed by atoms with Gasteiger partial charge in [0.15, 0.2) is 11.6 Å². The molecule has 0 aliphatic heterocycles. The first-order valence-corrected chi connectivity index (χ1v) is 3.86. The molecule has 0 unspecified atom stereocenters. The Morgan fingerprint density at radius 1 is 1.54 bits per heavy atom. The summed E-state index contributed by atoms with van der Waals surface area (Å²) in [7, 11) is 0. The van der Waals surface area contributed by atoms with E-state index in [1.807, 2.05) is 0 Å². The van der Waals surface area contributed by atoms with Crippen LogP contribution in [0.1, 0.15) is 17.2 Å². The van der Waals surface area contributed by atoms with Crippen LogP contribution in [-0.4, -0.2) is 11.8 Å². The number of phenolic OH excluding ortho intramolecular Hbond substituents is 1. The predicted octanol–water partition coefficient (Wildman–Crippen LogP) is 1.81. The number of benzene rings is 1. The summed E-state index contributed by atoms with van der Waals surface area (Å²) >= 11 is 0. The molecule has 0 aromatic heterocycles. The number of halogens is 2. The summed E-state index contributed by atoms with van der Waals surface area (Å²) in [6.45, 7) is 0.827. The SMILES string of the molecule is Cc1cc(F)c(O)c([C@@H](N)CF)c1. The van der Waals surface area contributed by atoms with E-state index in [1.54, 1.807) is 6.92 Å².